The van der Waals surface area contributed by atoms with Gasteiger partial charge in [-0.3, -0.25) is 4.68 Å². The number of rotatable bonds is 3. The SMILES string of the molecule is Cc1nn(C)c(C)c1NC1CC(c2cccc(F)c2)C1. The highest BCUT2D eigenvalue weighted by Gasteiger charge is 2.31. The summed E-state index contributed by atoms with van der Waals surface area (Å²) in [5.41, 5.74) is 4.47. The van der Waals surface area contributed by atoms with Gasteiger partial charge in [-0.2, -0.15) is 5.10 Å². The van der Waals surface area contributed by atoms with Gasteiger partial charge in [-0.15, -0.1) is 0 Å². The maximum Gasteiger partial charge on any atom is 0.123 e. The van der Waals surface area contributed by atoms with Crippen LogP contribution in [0.3, 0.4) is 0 Å². The number of nitrogens with one attached hydrogen (secondary N) is 1. The number of hydrogen-bond acceptors (Lipinski definition) is 2. The van der Waals surface area contributed by atoms with E-state index in [4.69, 9.17) is 0 Å². The van der Waals surface area contributed by atoms with Crippen LogP contribution in [0, 0.1) is 19.7 Å². The molecule has 1 N–H and O–H groups in total. The first-order valence-corrected chi connectivity index (χ1v) is 7.07. The normalized spacial score (nSPS) is 21.6. The zero-order valence-corrected chi connectivity index (χ0v) is 12.2. The third-order valence-electron chi connectivity index (χ3n) is 4.32. The third-order valence-corrected chi connectivity index (χ3v) is 4.32. The predicted octanol–water partition coefficient (Wildman–Crippen LogP) is 3.53. The Labute approximate surface area is 118 Å². The average molecular weight is 273 g/mol. The smallest absolute Gasteiger partial charge is 0.123 e. The Balaban J connectivity index is 1.64. The third kappa shape index (κ3) is 2.30. The minimum Gasteiger partial charge on any atom is -0.379 e. The summed E-state index contributed by atoms with van der Waals surface area (Å²) in [4.78, 5) is 0. The van der Waals surface area contributed by atoms with Crippen LogP contribution in [0.4, 0.5) is 10.1 Å². The van der Waals surface area contributed by atoms with Gasteiger partial charge >= 0.3 is 0 Å². The van der Waals surface area contributed by atoms with Gasteiger partial charge in [-0.25, -0.2) is 4.39 Å². The quantitative estimate of drug-likeness (QED) is 0.927. The maximum absolute atomic E-state index is 13.2. The topological polar surface area (TPSA) is 29.9 Å². The molecule has 0 amide bonds. The van der Waals surface area contributed by atoms with E-state index in [1.54, 1.807) is 12.1 Å². The summed E-state index contributed by atoms with van der Waals surface area (Å²) in [6.45, 7) is 4.10. The van der Waals surface area contributed by atoms with Crippen molar-refractivity contribution in [3.05, 3.63) is 47.0 Å². The van der Waals surface area contributed by atoms with Crippen LogP contribution in [-0.4, -0.2) is 15.8 Å². The van der Waals surface area contributed by atoms with E-state index in [1.807, 2.05) is 24.7 Å². The first kappa shape index (κ1) is 13.2. The van der Waals surface area contributed by atoms with Gasteiger partial charge in [0, 0.05) is 13.1 Å². The van der Waals surface area contributed by atoms with E-state index in [1.165, 1.54) is 6.07 Å². The minimum atomic E-state index is -0.141. The zero-order valence-electron chi connectivity index (χ0n) is 12.2. The molecule has 0 atom stereocenters. The molecule has 1 aromatic carbocycles. The van der Waals surface area contributed by atoms with E-state index >= 15 is 0 Å². The molecule has 20 heavy (non-hydrogen) atoms. The summed E-state index contributed by atoms with van der Waals surface area (Å²) < 4.78 is 15.1. The van der Waals surface area contributed by atoms with E-state index in [2.05, 4.69) is 17.3 Å². The molecule has 1 aliphatic rings. The lowest BCUT2D eigenvalue weighted by Crippen LogP contribution is -2.34. The van der Waals surface area contributed by atoms with Crippen LogP contribution in [0.5, 0.6) is 0 Å². The van der Waals surface area contributed by atoms with Crippen molar-refractivity contribution in [1.29, 1.82) is 0 Å². The van der Waals surface area contributed by atoms with Gasteiger partial charge < -0.3 is 5.32 Å². The van der Waals surface area contributed by atoms with Crippen molar-refractivity contribution in [2.45, 2.75) is 38.6 Å². The summed E-state index contributed by atoms with van der Waals surface area (Å²) in [5.74, 6) is 0.332. The molecule has 1 heterocycles. The van der Waals surface area contributed by atoms with Crippen LogP contribution in [0.1, 0.15) is 35.7 Å². The molecule has 0 unspecified atom stereocenters. The molecule has 0 spiro atoms. The van der Waals surface area contributed by atoms with Crippen molar-refractivity contribution in [3.63, 3.8) is 0 Å². The predicted molar refractivity (Wildman–Crippen MR) is 78.5 cm³/mol. The largest absolute Gasteiger partial charge is 0.379 e. The van der Waals surface area contributed by atoms with E-state index in [0.29, 0.717) is 12.0 Å². The number of nitrogens with zero attached hydrogens (tertiary/aromatic N) is 2. The summed E-state index contributed by atoms with van der Waals surface area (Å²) in [7, 11) is 1.96. The van der Waals surface area contributed by atoms with Gasteiger partial charge in [0.1, 0.15) is 5.82 Å². The second-order valence-corrected chi connectivity index (χ2v) is 5.73. The number of aryl methyl sites for hydroxylation is 2. The molecular formula is C16H20FN3. The Morgan fingerprint density at radius 2 is 2.05 bits per heavy atom. The lowest BCUT2D eigenvalue weighted by Gasteiger charge is -2.37. The van der Waals surface area contributed by atoms with E-state index in [0.717, 1.165) is 35.5 Å². The Bertz CT molecular complexity index is 627. The Hall–Kier alpha value is -1.84. The summed E-state index contributed by atoms with van der Waals surface area (Å²) in [6.07, 6.45) is 2.11. The fourth-order valence-corrected chi connectivity index (χ4v) is 2.96. The summed E-state index contributed by atoms with van der Waals surface area (Å²) >= 11 is 0. The van der Waals surface area contributed by atoms with Crippen LogP contribution in [0.25, 0.3) is 0 Å². The molecule has 1 aromatic heterocycles. The van der Waals surface area contributed by atoms with Crippen LogP contribution >= 0.6 is 0 Å². The van der Waals surface area contributed by atoms with Crippen LogP contribution in [0.2, 0.25) is 0 Å². The molecule has 0 radical (unpaired) electrons. The van der Waals surface area contributed by atoms with Crippen LogP contribution < -0.4 is 5.32 Å². The lowest BCUT2D eigenvalue weighted by atomic mass is 9.76. The highest BCUT2D eigenvalue weighted by atomic mass is 19.1. The van der Waals surface area contributed by atoms with Crippen molar-refractivity contribution < 1.29 is 4.39 Å². The highest BCUT2D eigenvalue weighted by Crippen LogP contribution is 2.39. The second kappa shape index (κ2) is 4.93. The molecule has 0 aliphatic heterocycles. The highest BCUT2D eigenvalue weighted by molar-refractivity contribution is 5.53. The first-order valence-electron chi connectivity index (χ1n) is 7.07. The van der Waals surface area contributed by atoms with Crippen LogP contribution in [0.15, 0.2) is 24.3 Å². The molecular weight excluding hydrogens is 253 g/mol. The Kier molecular flexibility index (Phi) is 3.24. The first-order chi connectivity index (χ1) is 9.54. The fourth-order valence-electron chi connectivity index (χ4n) is 2.96. The number of benzene rings is 1. The molecule has 0 saturated heterocycles. The van der Waals surface area contributed by atoms with Crippen molar-refractivity contribution in [3.8, 4) is 0 Å². The number of halogens is 1. The standard InChI is InChI=1S/C16H20FN3/c1-10-16(11(2)20(3)19-10)18-15-8-13(9-15)12-5-4-6-14(17)7-12/h4-7,13,15,18H,8-9H2,1-3H3. The fraction of sp³-hybridized carbons (Fsp3) is 0.438. The van der Waals surface area contributed by atoms with Crippen LogP contribution in [-0.2, 0) is 7.05 Å². The Morgan fingerprint density at radius 1 is 1.30 bits per heavy atom. The van der Waals surface area contributed by atoms with Crippen molar-refractivity contribution in [1.82, 2.24) is 9.78 Å². The van der Waals surface area contributed by atoms with Gasteiger partial charge in [0.2, 0.25) is 0 Å². The molecule has 1 saturated carbocycles. The zero-order chi connectivity index (χ0) is 14.3. The summed E-state index contributed by atoms with van der Waals surface area (Å²) in [5, 5.41) is 7.99. The number of hydrogen-bond donors (Lipinski definition) is 1. The molecule has 4 heteroatoms. The Morgan fingerprint density at radius 3 is 2.65 bits per heavy atom. The molecule has 0 bridgehead atoms. The van der Waals surface area contributed by atoms with Crippen molar-refractivity contribution >= 4 is 5.69 Å². The number of aromatic nitrogens is 2. The van der Waals surface area contributed by atoms with Gasteiger partial charge in [0.25, 0.3) is 0 Å². The monoisotopic (exact) mass is 273 g/mol. The molecule has 2 aromatic rings. The molecule has 1 aliphatic carbocycles. The lowest BCUT2D eigenvalue weighted by molar-refractivity contribution is 0.372. The molecule has 106 valence electrons. The van der Waals surface area contributed by atoms with Gasteiger partial charge in [0.05, 0.1) is 17.1 Å². The molecule has 3 nitrogen and oxygen atoms in total. The van der Waals surface area contributed by atoms with Gasteiger partial charge in [-0.1, -0.05) is 12.1 Å². The molecule has 3 rings (SSSR count). The maximum atomic E-state index is 13.2. The average Bonchev–Trinajstić information content (AvgIpc) is 2.58. The van der Waals surface area contributed by atoms with E-state index in [9.17, 15) is 4.39 Å². The van der Waals surface area contributed by atoms with E-state index < -0.39 is 0 Å². The second-order valence-electron chi connectivity index (χ2n) is 5.73. The van der Waals surface area contributed by atoms with Gasteiger partial charge in [0.15, 0.2) is 0 Å². The van der Waals surface area contributed by atoms with Crippen molar-refractivity contribution in [2.24, 2.45) is 7.05 Å². The van der Waals surface area contributed by atoms with Crippen molar-refractivity contribution in [2.75, 3.05) is 5.32 Å². The molecule has 1 fully saturated rings. The minimum absolute atomic E-state index is 0.141. The van der Waals surface area contributed by atoms with Gasteiger partial charge in [-0.05, 0) is 50.3 Å². The number of anilines is 1. The summed E-state index contributed by atoms with van der Waals surface area (Å²) in [6, 6.07) is 7.43. The van der Waals surface area contributed by atoms with E-state index in [-0.39, 0.29) is 5.82 Å².